The Labute approximate surface area is 254 Å². The minimum Gasteiger partial charge on any atom is -0.360 e. The Morgan fingerprint density at radius 1 is 1.19 bits per heavy atom. The number of piperazine rings is 1. The topological polar surface area (TPSA) is 69.9 Å². The molecule has 2 bridgehead atoms. The quantitative estimate of drug-likeness (QED) is 0.326. The van der Waals surface area contributed by atoms with Gasteiger partial charge in [-0.2, -0.15) is 0 Å². The number of aromatic nitrogens is 1. The summed E-state index contributed by atoms with van der Waals surface area (Å²) in [5, 5.41) is 4.27. The number of carbonyl (C=O) groups excluding carboxylic acids is 2. The van der Waals surface area contributed by atoms with Crippen molar-refractivity contribution in [1.82, 2.24) is 19.9 Å². The first-order valence-electron chi connectivity index (χ1n) is 15.1. The van der Waals surface area contributed by atoms with Gasteiger partial charge in [0.05, 0.1) is 10.6 Å². The van der Waals surface area contributed by atoms with E-state index < -0.39 is 5.82 Å². The molecule has 2 fully saturated rings. The monoisotopic (exact) mass is 598 g/mol. The lowest BCUT2D eigenvalue weighted by molar-refractivity contribution is -0.134. The summed E-state index contributed by atoms with van der Waals surface area (Å²) in [5.41, 5.74) is 1.96. The van der Waals surface area contributed by atoms with Gasteiger partial charge in [-0.05, 0) is 54.6 Å². The molecular formula is C33H44ClFN4O3. The first-order valence-corrected chi connectivity index (χ1v) is 15.5. The molecule has 4 aliphatic rings. The fourth-order valence-electron chi connectivity index (χ4n) is 6.85. The maximum atomic E-state index is 14.9. The highest BCUT2D eigenvalue weighted by molar-refractivity contribution is 6.33. The normalized spacial score (nSPS) is 22.0. The molecule has 1 aliphatic heterocycles. The average molecular weight is 599 g/mol. The first-order chi connectivity index (χ1) is 19.8. The van der Waals surface area contributed by atoms with E-state index in [0.717, 1.165) is 25.9 Å². The first kappa shape index (κ1) is 30.7. The molecule has 2 amide bonds. The minimum atomic E-state index is -0.549. The van der Waals surface area contributed by atoms with Gasteiger partial charge in [-0.25, -0.2) is 4.39 Å². The van der Waals surface area contributed by atoms with Crippen LogP contribution < -0.4 is 0 Å². The Balaban J connectivity index is 1.35. The van der Waals surface area contributed by atoms with Crippen LogP contribution in [-0.4, -0.2) is 77.5 Å². The number of allylic oxidation sites excluding steroid dienone is 1. The molecule has 228 valence electrons. The third kappa shape index (κ3) is 6.16. The van der Waals surface area contributed by atoms with E-state index in [1.54, 1.807) is 13.0 Å². The van der Waals surface area contributed by atoms with Crippen LogP contribution in [0.5, 0.6) is 0 Å². The second-order valence-corrected chi connectivity index (χ2v) is 14.5. The second-order valence-electron chi connectivity index (χ2n) is 14.1. The molecule has 3 aliphatic carbocycles. The Morgan fingerprint density at radius 2 is 1.90 bits per heavy atom. The number of hydrogen-bond donors (Lipinski definition) is 0. The lowest BCUT2D eigenvalue weighted by Crippen LogP contribution is -2.52. The molecule has 6 rings (SSSR count). The van der Waals surface area contributed by atoms with Crippen molar-refractivity contribution >= 4 is 23.4 Å². The fourth-order valence-corrected chi connectivity index (χ4v) is 7.11. The van der Waals surface area contributed by atoms with E-state index in [-0.39, 0.29) is 44.5 Å². The molecule has 0 N–H and O–H groups in total. The number of hydrogen-bond acceptors (Lipinski definition) is 5. The largest absolute Gasteiger partial charge is 0.360 e. The third-order valence-corrected chi connectivity index (χ3v) is 9.93. The van der Waals surface area contributed by atoms with Gasteiger partial charge in [0, 0.05) is 52.2 Å². The number of benzene rings is 1. The van der Waals surface area contributed by atoms with Gasteiger partial charge in [0.25, 0.3) is 5.91 Å². The lowest BCUT2D eigenvalue weighted by atomic mass is 9.49. The molecule has 2 aromatic rings. The SMILES string of the molecule is Cc1onc(-c2c(F)cccc2Cl)c1C(=O)N(CCN1CCN(C(=O)CC(C)(C)C)CC1)CC1=CCC2CC1C2(C)C. The summed E-state index contributed by atoms with van der Waals surface area (Å²) in [4.78, 5) is 33.2. The van der Waals surface area contributed by atoms with Gasteiger partial charge in [-0.1, -0.05) is 69.1 Å². The van der Waals surface area contributed by atoms with Gasteiger partial charge < -0.3 is 14.3 Å². The van der Waals surface area contributed by atoms with Gasteiger partial charge in [0.2, 0.25) is 5.91 Å². The van der Waals surface area contributed by atoms with E-state index in [9.17, 15) is 14.0 Å². The Morgan fingerprint density at radius 3 is 2.52 bits per heavy atom. The van der Waals surface area contributed by atoms with Crippen LogP contribution in [0.1, 0.15) is 70.0 Å². The highest BCUT2D eigenvalue weighted by Crippen LogP contribution is 2.59. The zero-order valence-electron chi connectivity index (χ0n) is 25.8. The maximum Gasteiger partial charge on any atom is 0.260 e. The summed E-state index contributed by atoms with van der Waals surface area (Å²) in [6.07, 6.45) is 5.05. The van der Waals surface area contributed by atoms with E-state index in [1.165, 1.54) is 17.7 Å². The van der Waals surface area contributed by atoms with Crippen molar-refractivity contribution in [2.45, 2.75) is 60.8 Å². The summed E-state index contributed by atoms with van der Waals surface area (Å²) in [6, 6.07) is 4.43. The van der Waals surface area contributed by atoms with Crippen LogP contribution in [0.25, 0.3) is 11.3 Å². The van der Waals surface area contributed by atoms with E-state index in [4.69, 9.17) is 16.1 Å². The molecule has 2 atom stereocenters. The highest BCUT2D eigenvalue weighted by atomic mass is 35.5. The molecule has 7 nitrogen and oxygen atoms in total. The summed E-state index contributed by atoms with van der Waals surface area (Å²) >= 11 is 6.38. The number of halogens is 2. The van der Waals surface area contributed by atoms with Crippen LogP contribution in [0.3, 0.4) is 0 Å². The number of fused-ring (bicyclic) bond motifs is 1. The van der Waals surface area contributed by atoms with Gasteiger partial charge in [-0.3, -0.25) is 14.5 Å². The molecule has 42 heavy (non-hydrogen) atoms. The fraction of sp³-hybridized carbons (Fsp3) is 0.606. The lowest BCUT2D eigenvalue weighted by Gasteiger charge is -2.57. The molecule has 2 unspecified atom stereocenters. The molecule has 9 heteroatoms. The maximum absolute atomic E-state index is 14.9. The molecule has 1 aromatic heterocycles. The van der Waals surface area contributed by atoms with Crippen molar-refractivity contribution in [3.8, 4) is 11.3 Å². The third-order valence-electron chi connectivity index (χ3n) is 9.61. The molecule has 0 spiro atoms. The smallest absolute Gasteiger partial charge is 0.260 e. The summed E-state index contributed by atoms with van der Waals surface area (Å²) < 4.78 is 20.4. The van der Waals surface area contributed by atoms with Crippen LogP contribution in [0.4, 0.5) is 4.39 Å². The number of carbonyl (C=O) groups is 2. The molecular weight excluding hydrogens is 555 g/mol. The van der Waals surface area contributed by atoms with Gasteiger partial charge >= 0.3 is 0 Å². The Hall–Kier alpha value is -2.71. The van der Waals surface area contributed by atoms with E-state index in [0.29, 0.717) is 56.7 Å². The number of aryl methyl sites for hydroxylation is 1. The van der Waals surface area contributed by atoms with Crippen molar-refractivity contribution in [1.29, 1.82) is 0 Å². The van der Waals surface area contributed by atoms with Crippen molar-refractivity contribution in [3.63, 3.8) is 0 Å². The average Bonchev–Trinajstić information content (AvgIpc) is 3.30. The Kier molecular flexibility index (Phi) is 8.61. The van der Waals surface area contributed by atoms with Crippen LogP contribution in [0, 0.1) is 35.4 Å². The summed E-state index contributed by atoms with van der Waals surface area (Å²) in [5.74, 6) is 0.907. The number of amides is 2. The van der Waals surface area contributed by atoms with Gasteiger partial charge in [0.1, 0.15) is 22.8 Å². The van der Waals surface area contributed by atoms with E-state index >= 15 is 0 Å². The standard InChI is InChI=1S/C33H44ClFN4O3/c1-21-28(30(36-42-21)29-25(34)8-7-9-26(29)35)31(41)39(20-22-10-11-23-18-24(22)33(23,5)6)17-14-37-12-15-38(16-13-37)27(40)19-32(2,3)4/h7-10,23-24H,11-20H2,1-6H3. The van der Waals surface area contributed by atoms with Gasteiger partial charge in [0.15, 0.2) is 0 Å². The zero-order valence-corrected chi connectivity index (χ0v) is 26.6. The van der Waals surface area contributed by atoms with Gasteiger partial charge in [-0.15, -0.1) is 0 Å². The van der Waals surface area contributed by atoms with Crippen LogP contribution in [0.2, 0.25) is 5.02 Å². The zero-order chi connectivity index (χ0) is 30.4. The number of rotatable bonds is 8. The number of nitrogens with zero attached hydrogens (tertiary/aromatic N) is 4. The molecule has 2 heterocycles. The van der Waals surface area contributed by atoms with Crippen molar-refractivity contribution < 1.29 is 18.5 Å². The van der Waals surface area contributed by atoms with E-state index in [2.05, 4.69) is 50.8 Å². The second kappa shape index (κ2) is 11.8. The summed E-state index contributed by atoms with van der Waals surface area (Å²) in [7, 11) is 0. The van der Waals surface area contributed by atoms with Crippen molar-refractivity contribution in [3.05, 3.63) is 52.0 Å². The van der Waals surface area contributed by atoms with Crippen LogP contribution in [0.15, 0.2) is 34.4 Å². The van der Waals surface area contributed by atoms with Crippen molar-refractivity contribution in [2.75, 3.05) is 45.8 Å². The molecule has 1 saturated carbocycles. The minimum absolute atomic E-state index is 0.0380. The van der Waals surface area contributed by atoms with Crippen LogP contribution >= 0.6 is 11.6 Å². The van der Waals surface area contributed by atoms with Crippen molar-refractivity contribution in [2.24, 2.45) is 22.7 Å². The molecule has 1 saturated heterocycles. The highest BCUT2D eigenvalue weighted by Gasteiger charge is 2.51. The Bertz CT molecular complexity index is 1350. The predicted octanol–water partition coefficient (Wildman–Crippen LogP) is 6.46. The summed E-state index contributed by atoms with van der Waals surface area (Å²) in [6.45, 7) is 17.2. The predicted molar refractivity (Wildman–Crippen MR) is 163 cm³/mol. The molecule has 0 radical (unpaired) electrons. The van der Waals surface area contributed by atoms with Crippen LogP contribution in [-0.2, 0) is 4.79 Å². The molecule has 1 aromatic carbocycles. The van der Waals surface area contributed by atoms with E-state index in [1.807, 2.05) is 9.80 Å².